The monoisotopic (exact) mass is 307 g/mol. The van der Waals surface area contributed by atoms with Crippen LogP contribution in [0, 0.1) is 5.82 Å². The van der Waals surface area contributed by atoms with E-state index in [2.05, 4.69) is 10.2 Å². The summed E-state index contributed by atoms with van der Waals surface area (Å²) in [5.41, 5.74) is 0.476. The first-order valence-corrected chi connectivity index (χ1v) is 7.64. The third-order valence-electron chi connectivity index (χ3n) is 3.29. The molecule has 5 nitrogen and oxygen atoms in total. The maximum Gasteiger partial charge on any atom is 0.191 e. The average molecular weight is 307 g/mol. The minimum absolute atomic E-state index is 0.0871. The van der Waals surface area contributed by atoms with Gasteiger partial charge in [0.15, 0.2) is 16.8 Å². The highest BCUT2D eigenvalue weighted by Gasteiger charge is 2.29. The Bertz CT molecular complexity index is 653. The number of rotatable bonds is 6. The smallest absolute Gasteiger partial charge is 0.191 e. The molecule has 0 saturated heterocycles. The van der Waals surface area contributed by atoms with Gasteiger partial charge in [0.2, 0.25) is 0 Å². The summed E-state index contributed by atoms with van der Waals surface area (Å²) < 4.78 is 14.7. The van der Waals surface area contributed by atoms with Gasteiger partial charge >= 0.3 is 0 Å². The number of carbonyl (C=O) groups is 1. The number of hydrogen-bond donors (Lipinski definition) is 1. The predicted molar refractivity (Wildman–Crippen MR) is 75.7 cm³/mol. The van der Waals surface area contributed by atoms with Gasteiger partial charge in [-0.1, -0.05) is 11.8 Å². The quantitative estimate of drug-likeness (QED) is 0.654. The maximum absolute atomic E-state index is 12.8. The molecule has 0 atom stereocenters. The van der Waals surface area contributed by atoms with Gasteiger partial charge in [0.1, 0.15) is 12.4 Å². The summed E-state index contributed by atoms with van der Waals surface area (Å²) in [5.74, 6) is 0.299. The third kappa shape index (κ3) is 3.14. The molecule has 0 bridgehead atoms. The van der Waals surface area contributed by atoms with Gasteiger partial charge < -0.3 is 9.67 Å². The lowest BCUT2D eigenvalue weighted by Crippen LogP contribution is -2.06. The van der Waals surface area contributed by atoms with E-state index in [1.807, 2.05) is 4.57 Å². The molecule has 1 aliphatic carbocycles. The molecule has 2 aromatic rings. The van der Waals surface area contributed by atoms with E-state index in [4.69, 9.17) is 0 Å². The molecular weight excluding hydrogens is 293 g/mol. The summed E-state index contributed by atoms with van der Waals surface area (Å²) >= 11 is 1.29. The summed E-state index contributed by atoms with van der Waals surface area (Å²) in [7, 11) is 0. The summed E-state index contributed by atoms with van der Waals surface area (Å²) in [6.07, 6.45) is 2.09. The molecule has 1 aromatic carbocycles. The van der Waals surface area contributed by atoms with E-state index < -0.39 is 0 Å². The predicted octanol–water partition coefficient (Wildman–Crippen LogP) is 2.22. The topological polar surface area (TPSA) is 68.0 Å². The van der Waals surface area contributed by atoms with Crippen molar-refractivity contribution in [1.82, 2.24) is 14.8 Å². The van der Waals surface area contributed by atoms with E-state index in [9.17, 15) is 14.3 Å². The lowest BCUT2D eigenvalue weighted by Gasteiger charge is -2.06. The molecule has 0 amide bonds. The zero-order chi connectivity index (χ0) is 14.8. The molecular formula is C14H14FN3O2S. The van der Waals surface area contributed by atoms with Crippen molar-refractivity contribution in [1.29, 1.82) is 0 Å². The van der Waals surface area contributed by atoms with E-state index in [-0.39, 0.29) is 24.0 Å². The number of aliphatic hydroxyl groups excluding tert-OH is 1. The number of carbonyl (C=O) groups excluding carboxylic acids is 1. The zero-order valence-corrected chi connectivity index (χ0v) is 12.0. The number of ketones is 1. The number of Topliss-reactive ketones (excluding diaryl/α,β-unsaturated/α-hetero) is 1. The van der Waals surface area contributed by atoms with Crippen LogP contribution in [-0.2, 0) is 6.61 Å². The van der Waals surface area contributed by atoms with Crippen LogP contribution in [0.3, 0.4) is 0 Å². The molecule has 1 aromatic heterocycles. The standard InChI is InChI=1S/C14H14FN3O2S/c15-10-3-1-9(2-4-10)12(20)8-21-14-17-16-13(7-19)18(14)11-5-6-11/h1-4,11,19H,5-8H2. The fourth-order valence-corrected chi connectivity index (χ4v) is 2.98. The number of thioether (sulfide) groups is 1. The highest BCUT2D eigenvalue weighted by Crippen LogP contribution is 2.38. The molecule has 21 heavy (non-hydrogen) atoms. The van der Waals surface area contributed by atoms with Gasteiger partial charge in [-0.15, -0.1) is 10.2 Å². The van der Waals surface area contributed by atoms with Crippen LogP contribution in [0.15, 0.2) is 29.4 Å². The van der Waals surface area contributed by atoms with E-state index in [1.54, 1.807) is 0 Å². The molecule has 1 fully saturated rings. The molecule has 7 heteroatoms. The largest absolute Gasteiger partial charge is 0.388 e. The second kappa shape index (κ2) is 5.95. The number of hydrogen-bond acceptors (Lipinski definition) is 5. The van der Waals surface area contributed by atoms with E-state index in [1.165, 1.54) is 36.0 Å². The highest BCUT2D eigenvalue weighted by molar-refractivity contribution is 7.99. The van der Waals surface area contributed by atoms with Gasteiger partial charge in [-0.3, -0.25) is 4.79 Å². The molecule has 0 unspecified atom stereocenters. The first kappa shape index (κ1) is 14.2. The Morgan fingerprint density at radius 2 is 2.05 bits per heavy atom. The van der Waals surface area contributed by atoms with Gasteiger partial charge in [0.25, 0.3) is 0 Å². The van der Waals surface area contributed by atoms with Crippen LogP contribution in [0.5, 0.6) is 0 Å². The first-order chi connectivity index (χ1) is 10.2. The Morgan fingerprint density at radius 3 is 2.67 bits per heavy atom. The SMILES string of the molecule is O=C(CSc1nnc(CO)n1C1CC1)c1ccc(F)cc1. The molecule has 0 radical (unpaired) electrons. The second-order valence-corrected chi connectivity index (χ2v) is 5.82. The minimum atomic E-state index is -0.361. The molecule has 1 heterocycles. The van der Waals surface area contributed by atoms with Crippen molar-refractivity contribution in [3.63, 3.8) is 0 Å². The van der Waals surface area contributed by atoms with Crippen LogP contribution in [0.1, 0.15) is 35.1 Å². The number of aliphatic hydroxyl groups is 1. The van der Waals surface area contributed by atoms with Crippen molar-refractivity contribution in [3.05, 3.63) is 41.5 Å². The fourth-order valence-electron chi connectivity index (χ4n) is 2.06. The average Bonchev–Trinajstić information content (AvgIpc) is 3.25. The van der Waals surface area contributed by atoms with E-state index in [0.29, 0.717) is 22.6 Å². The number of benzene rings is 1. The van der Waals surface area contributed by atoms with Crippen molar-refractivity contribution in [2.75, 3.05) is 5.75 Å². The highest BCUT2D eigenvalue weighted by atomic mass is 32.2. The Morgan fingerprint density at radius 1 is 1.33 bits per heavy atom. The van der Waals surface area contributed by atoms with Gasteiger partial charge in [0, 0.05) is 11.6 Å². The minimum Gasteiger partial charge on any atom is -0.388 e. The van der Waals surface area contributed by atoms with E-state index in [0.717, 1.165) is 12.8 Å². The summed E-state index contributed by atoms with van der Waals surface area (Å²) in [4.78, 5) is 12.1. The molecule has 1 saturated carbocycles. The Labute approximate surface area is 125 Å². The van der Waals surface area contributed by atoms with Crippen LogP contribution in [0.25, 0.3) is 0 Å². The van der Waals surface area contributed by atoms with Gasteiger partial charge in [-0.25, -0.2) is 4.39 Å². The number of halogens is 1. The van der Waals surface area contributed by atoms with Crippen LogP contribution in [-0.4, -0.2) is 31.4 Å². The number of nitrogens with zero attached hydrogens (tertiary/aromatic N) is 3. The lowest BCUT2D eigenvalue weighted by molar-refractivity contribution is 0.102. The van der Waals surface area contributed by atoms with Gasteiger partial charge in [-0.05, 0) is 37.1 Å². The first-order valence-electron chi connectivity index (χ1n) is 6.65. The Kier molecular flexibility index (Phi) is 4.03. The van der Waals surface area contributed by atoms with Crippen molar-refractivity contribution in [2.45, 2.75) is 30.6 Å². The Balaban J connectivity index is 1.69. The third-order valence-corrected chi connectivity index (χ3v) is 4.23. The van der Waals surface area contributed by atoms with Crippen LogP contribution in [0.2, 0.25) is 0 Å². The van der Waals surface area contributed by atoms with Crippen LogP contribution < -0.4 is 0 Å². The molecule has 0 aliphatic heterocycles. The van der Waals surface area contributed by atoms with Gasteiger partial charge in [0.05, 0.1) is 5.75 Å². The van der Waals surface area contributed by atoms with Crippen LogP contribution >= 0.6 is 11.8 Å². The summed E-state index contributed by atoms with van der Waals surface area (Å²) in [6.45, 7) is -0.157. The Hall–Kier alpha value is -1.73. The molecule has 3 rings (SSSR count). The van der Waals surface area contributed by atoms with Crippen molar-refractivity contribution in [3.8, 4) is 0 Å². The maximum atomic E-state index is 12.8. The van der Waals surface area contributed by atoms with Gasteiger partial charge in [-0.2, -0.15) is 0 Å². The lowest BCUT2D eigenvalue weighted by atomic mass is 10.1. The molecule has 1 aliphatic rings. The summed E-state index contributed by atoms with van der Waals surface area (Å²) in [6, 6.07) is 5.83. The van der Waals surface area contributed by atoms with Crippen LogP contribution in [0.4, 0.5) is 4.39 Å². The zero-order valence-electron chi connectivity index (χ0n) is 11.2. The second-order valence-electron chi connectivity index (χ2n) is 4.88. The molecule has 110 valence electrons. The number of aromatic nitrogens is 3. The van der Waals surface area contributed by atoms with Crippen molar-refractivity contribution < 1.29 is 14.3 Å². The fraction of sp³-hybridized carbons (Fsp3) is 0.357. The van der Waals surface area contributed by atoms with Crippen molar-refractivity contribution in [2.24, 2.45) is 0 Å². The summed E-state index contributed by atoms with van der Waals surface area (Å²) in [5, 5.41) is 17.9. The van der Waals surface area contributed by atoms with E-state index >= 15 is 0 Å². The van der Waals surface area contributed by atoms with Crippen molar-refractivity contribution >= 4 is 17.5 Å². The molecule has 1 N–H and O–H groups in total. The molecule has 0 spiro atoms. The normalized spacial score (nSPS) is 14.4.